The molecule has 0 saturated carbocycles. The highest BCUT2D eigenvalue weighted by Gasteiger charge is 1.76. The highest BCUT2D eigenvalue weighted by Crippen LogP contribution is 1.90. The van der Waals surface area contributed by atoms with Gasteiger partial charge in [-0.25, -0.2) is 9.59 Å². The lowest BCUT2D eigenvalue weighted by Gasteiger charge is -1.76. The lowest BCUT2D eigenvalue weighted by molar-refractivity contribution is 0.563. The Morgan fingerprint density at radius 1 is 1.44 bits per heavy atom. The van der Waals surface area contributed by atoms with Gasteiger partial charge in [-0.15, -0.1) is 0 Å². The third-order valence-electron chi connectivity index (χ3n) is 0.526. The molecule has 0 unspecified atom stereocenters. The van der Waals surface area contributed by atoms with E-state index in [4.69, 9.17) is 0 Å². The van der Waals surface area contributed by atoms with E-state index in [0.29, 0.717) is 5.70 Å². The number of isocyanates is 2. The topological polar surface area (TPSA) is 58.9 Å². The Labute approximate surface area is 51.6 Å². The molecule has 0 N–H and O–H groups in total. The van der Waals surface area contributed by atoms with Gasteiger partial charge in [0.1, 0.15) is 0 Å². The molecule has 46 valence electrons. The fourth-order valence-electron chi connectivity index (χ4n) is 0.221. The second-order valence-electron chi connectivity index (χ2n) is 1.19. The van der Waals surface area contributed by atoms with Crippen molar-refractivity contribution < 1.29 is 9.59 Å². The van der Waals surface area contributed by atoms with Gasteiger partial charge in [-0.1, -0.05) is 0 Å². The van der Waals surface area contributed by atoms with Crippen LogP contribution in [0.3, 0.4) is 0 Å². The standard InChI is InChI=1S/C5H4N2O2/c1-5(7-4-9)2-6-3-8/h2H,1H3. The van der Waals surface area contributed by atoms with E-state index in [2.05, 4.69) is 9.98 Å². The highest BCUT2D eigenvalue weighted by molar-refractivity contribution is 5.38. The summed E-state index contributed by atoms with van der Waals surface area (Å²) in [6.07, 6.45) is 3.68. The van der Waals surface area contributed by atoms with Gasteiger partial charge < -0.3 is 0 Å². The van der Waals surface area contributed by atoms with Crippen LogP contribution in [0.1, 0.15) is 6.92 Å². The Morgan fingerprint density at radius 2 is 2.11 bits per heavy atom. The zero-order valence-electron chi connectivity index (χ0n) is 4.79. The van der Waals surface area contributed by atoms with E-state index in [9.17, 15) is 9.59 Å². The molecule has 0 atom stereocenters. The van der Waals surface area contributed by atoms with Crippen molar-refractivity contribution in [3.63, 3.8) is 0 Å². The quantitative estimate of drug-likeness (QED) is 0.398. The molecule has 0 aliphatic heterocycles. The summed E-state index contributed by atoms with van der Waals surface area (Å²) in [5.74, 6) is 0. The van der Waals surface area contributed by atoms with Crippen LogP contribution in [0.25, 0.3) is 0 Å². The minimum absolute atomic E-state index is 0.327. The van der Waals surface area contributed by atoms with Crippen LogP contribution >= 0.6 is 0 Å². The summed E-state index contributed by atoms with van der Waals surface area (Å²) >= 11 is 0. The molecule has 0 aliphatic rings. The molecule has 0 amide bonds. The summed E-state index contributed by atoms with van der Waals surface area (Å²) in [4.78, 5) is 25.1. The summed E-state index contributed by atoms with van der Waals surface area (Å²) in [5, 5.41) is 0. The minimum atomic E-state index is 0.327. The van der Waals surface area contributed by atoms with Crippen LogP contribution < -0.4 is 0 Å². The Morgan fingerprint density at radius 3 is 2.56 bits per heavy atom. The number of carbonyl (C=O) groups excluding carboxylic acids is 2. The lowest BCUT2D eigenvalue weighted by Crippen LogP contribution is -1.64. The Bertz CT molecular complexity index is 207. The van der Waals surface area contributed by atoms with Crippen molar-refractivity contribution in [3.8, 4) is 0 Å². The van der Waals surface area contributed by atoms with Gasteiger partial charge in [0.15, 0.2) is 0 Å². The molecule has 0 spiro atoms. The molecule has 0 bridgehead atoms. The third-order valence-corrected chi connectivity index (χ3v) is 0.526. The van der Waals surface area contributed by atoms with Gasteiger partial charge >= 0.3 is 0 Å². The molecule has 4 nitrogen and oxygen atoms in total. The first kappa shape index (κ1) is 7.50. The van der Waals surface area contributed by atoms with Crippen molar-refractivity contribution in [3.05, 3.63) is 11.9 Å². The van der Waals surface area contributed by atoms with E-state index >= 15 is 0 Å². The monoisotopic (exact) mass is 124 g/mol. The molecule has 0 radical (unpaired) electrons. The Hall–Kier alpha value is -1.50. The van der Waals surface area contributed by atoms with E-state index in [1.807, 2.05) is 0 Å². The van der Waals surface area contributed by atoms with Crippen LogP contribution in [0, 0.1) is 0 Å². The van der Waals surface area contributed by atoms with Crippen LogP contribution in [-0.2, 0) is 9.59 Å². The molecular formula is C5H4N2O2. The van der Waals surface area contributed by atoms with Gasteiger partial charge in [0.2, 0.25) is 12.2 Å². The number of hydrogen-bond donors (Lipinski definition) is 0. The average molecular weight is 124 g/mol. The number of rotatable bonds is 2. The van der Waals surface area contributed by atoms with Gasteiger partial charge in [0.05, 0.1) is 11.9 Å². The lowest BCUT2D eigenvalue weighted by atomic mass is 10.6. The second-order valence-corrected chi connectivity index (χ2v) is 1.19. The zero-order chi connectivity index (χ0) is 7.11. The third kappa shape index (κ3) is 4.35. The van der Waals surface area contributed by atoms with Crippen LogP contribution in [0.2, 0.25) is 0 Å². The largest absolute Gasteiger partial charge is 0.240 e. The Balaban J connectivity index is 4.15. The van der Waals surface area contributed by atoms with Crippen molar-refractivity contribution in [1.82, 2.24) is 0 Å². The SMILES string of the molecule is CC(=CN=C=O)N=C=O. The number of allylic oxidation sites excluding steroid dienone is 1. The van der Waals surface area contributed by atoms with Crippen molar-refractivity contribution in [1.29, 1.82) is 0 Å². The molecule has 0 aliphatic carbocycles. The summed E-state index contributed by atoms with van der Waals surface area (Å²) in [6, 6.07) is 0. The van der Waals surface area contributed by atoms with Crippen LogP contribution in [0.15, 0.2) is 21.9 Å². The van der Waals surface area contributed by atoms with Crippen LogP contribution in [0.5, 0.6) is 0 Å². The van der Waals surface area contributed by atoms with Crippen molar-refractivity contribution in [2.45, 2.75) is 6.92 Å². The van der Waals surface area contributed by atoms with E-state index in [-0.39, 0.29) is 0 Å². The van der Waals surface area contributed by atoms with E-state index in [0.717, 1.165) is 6.20 Å². The summed E-state index contributed by atoms with van der Waals surface area (Å²) < 4.78 is 0. The van der Waals surface area contributed by atoms with Crippen LogP contribution in [-0.4, -0.2) is 12.2 Å². The van der Waals surface area contributed by atoms with Gasteiger partial charge in [-0.05, 0) is 6.92 Å². The van der Waals surface area contributed by atoms with E-state index in [1.165, 1.54) is 19.1 Å². The maximum Gasteiger partial charge on any atom is 0.240 e. The number of nitrogens with zero attached hydrogens (tertiary/aromatic N) is 2. The van der Waals surface area contributed by atoms with Crippen LogP contribution in [0.4, 0.5) is 0 Å². The van der Waals surface area contributed by atoms with E-state index < -0.39 is 0 Å². The molecule has 0 aromatic heterocycles. The van der Waals surface area contributed by atoms with Gasteiger partial charge in [0, 0.05) is 0 Å². The molecule has 0 rings (SSSR count). The minimum Gasteiger partial charge on any atom is -0.211 e. The predicted molar refractivity (Wildman–Crippen MR) is 30.0 cm³/mol. The fourth-order valence-corrected chi connectivity index (χ4v) is 0.221. The van der Waals surface area contributed by atoms with Gasteiger partial charge in [-0.3, -0.25) is 0 Å². The molecular weight excluding hydrogens is 120 g/mol. The molecule has 4 heteroatoms. The molecule has 0 heterocycles. The van der Waals surface area contributed by atoms with Crippen molar-refractivity contribution >= 4 is 12.2 Å². The molecule has 0 fully saturated rings. The average Bonchev–Trinajstić information content (AvgIpc) is 1.85. The van der Waals surface area contributed by atoms with Crippen molar-refractivity contribution in [2.24, 2.45) is 9.98 Å². The normalized spacial score (nSPS) is 9.22. The molecule has 0 aromatic carbocycles. The second kappa shape index (κ2) is 4.65. The van der Waals surface area contributed by atoms with Crippen molar-refractivity contribution in [2.75, 3.05) is 0 Å². The molecule has 0 aromatic rings. The maximum absolute atomic E-state index is 9.51. The van der Waals surface area contributed by atoms with E-state index in [1.54, 1.807) is 0 Å². The maximum atomic E-state index is 9.51. The first-order chi connectivity index (χ1) is 4.31. The number of aliphatic imine (C=N–C) groups is 2. The first-order valence-corrected chi connectivity index (χ1v) is 2.13. The first-order valence-electron chi connectivity index (χ1n) is 2.13. The summed E-state index contributed by atoms with van der Waals surface area (Å²) in [6.45, 7) is 1.52. The summed E-state index contributed by atoms with van der Waals surface area (Å²) in [5.41, 5.74) is 0.327. The molecule has 9 heavy (non-hydrogen) atoms. The Kier molecular flexibility index (Phi) is 3.88. The predicted octanol–water partition coefficient (Wildman–Crippen LogP) is 0.519. The highest BCUT2D eigenvalue weighted by atomic mass is 16.1. The van der Waals surface area contributed by atoms with Gasteiger partial charge in [0.25, 0.3) is 0 Å². The summed E-state index contributed by atoms with van der Waals surface area (Å²) in [7, 11) is 0. The zero-order valence-corrected chi connectivity index (χ0v) is 4.79. The smallest absolute Gasteiger partial charge is 0.211 e. The fraction of sp³-hybridized carbons (Fsp3) is 0.200. The molecule has 0 saturated heterocycles. The van der Waals surface area contributed by atoms with Gasteiger partial charge in [-0.2, -0.15) is 9.98 Å². The number of hydrogen-bond acceptors (Lipinski definition) is 4.